The first-order valence-corrected chi connectivity index (χ1v) is 9.32. The number of rotatable bonds is 7. The second-order valence-electron chi connectivity index (χ2n) is 6.95. The second-order valence-corrected chi connectivity index (χ2v) is 6.95. The molecule has 1 aliphatic rings. The fourth-order valence-corrected chi connectivity index (χ4v) is 3.49. The van der Waals surface area contributed by atoms with Crippen LogP contribution in [0.2, 0.25) is 0 Å². The number of carboxylic acid groups (broad SMARTS) is 1. The predicted molar refractivity (Wildman–Crippen MR) is 102 cm³/mol. The molecular weight excluding hydrogens is 344 g/mol. The van der Waals surface area contributed by atoms with E-state index in [4.69, 9.17) is 0 Å². The zero-order chi connectivity index (χ0) is 19.4. The third-order valence-corrected chi connectivity index (χ3v) is 5.04. The molecule has 2 amide bonds. The molecule has 0 aromatic heterocycles. The van der Waals surface area contributed by atoms with Crippen molar-refractivity contribution in [1.29, 1.82) is 0 Å². The Morgan fingerprint density at radius 3 is 2.59 bits per heavy atom. The number of nitrogens with zero attached hydrogens (tertiary/aromatic N) is 1. The molecule has 2 aromatic carbocycles. The lowest BCUT2D eigenvalue weighted by molar-refractivity contribution is -0.142. The summed E-state index contributed by atoms with van der Waals surface area (Å²) >= 11 is 0. The number of amides is 2. The van der Waals surface area contributed by atoms with Crippen LogP contribution in [-0.2, 0) is 9.59 Å². The number of likely N-dealkylation sites (tertiary alicyclic amines) is 1. The van der Waals surface area contributed by atoms with Gasteiger partial charge in [-0.1, -0.05) is 50.1 Å². The van der Waals surface area contributed by atoms with Gasteiger partial charge in [0.2, 0.25) is 5.91 Å². The van der Waals surface area contributed by atoms with Gasteiger partial charge in [-0.2, -0.15) is 0 Å². The van der Waals surface area contributed by atoms with E-state index >= 15 is 0 Å². The third-order valence-electron chi connectivity index (χ3n) is 5.04. The average Bonchev–Trinajstić information content (AvgIpc) is 2.98. The van der Waals surface area contributed by atoms with Gasteiger partial charge < -0.3 is 15.3 Å². The quantitative estimate of drug-likeness (QED) is 0.736. The lowest BCUT2D eigenvalue weighted by Crippen LogP contribution is -2.46. The van der Waals surface area contributed by atoms with E-state index in [-0.39, 0.29) is 12.5 Å². The molecular formula is C21H24N2O4. The average molecular weight is 368 g/mol. The highest BCUT2D eigenvalue weighted by Gasteiger charge is 2.45. The first-order valence-electron chi connectivity index (χ1n) is 9.32. The molecule has 6 nitrogen and oxygen atoms in total. The normalized spacial score (nSPS) is 19.4. The number of nitrogens with one attached hydrogen (secondary N) is 1. The van der Waals surface area contributed by atoms with Crippen molar-refractivity contribution in [3.8, 4) is 0 Å². The van der Waals surface area contributed by atoms with Gasteiger partial charge in [0.15, 0.2) is 0 Å². The lowest BCUT2D eigenvalue weighted by Gasteiger charge is -2.17. The highest BCUT2D eigenvalue weighted by molar-refractivity contribution is 6.02. The Labute approximate surface area is 158 Å². The number of carbonyl (C=O) groups is 3. The third kappa shape index (κ3) is 4.10. The van der Waals surface area contributed by atoms with Crippen LogP contribution in [0.5, 0.6) is 0 Å². The van der Waals surface area contributed by atoms with Crippen LogP contribution < -0.4 is 5.32 Å². The van der Waals surface area contributed by atoms with Crippen molar-refractivity contribution in [1.82, 2.24) is 10.2 Å². The summed E-state index contributed by atoms with van der Waals surface area (Å²) in [5.41, 5.74) is 0.412. The van der Waals surface area contributed by atoms with Crippen molar-refractivity contribution in [2.45, 2.75) is 32.2 Å². The van der Waals surface area contributed by atoms with E-state index in [1.165, 1.54) is 0 Å². The SMILES string of the molecule is CCCCCN1C[C@@H](C(=O)O)[C@H](NC(=O)c2ccc3ccccc3c2)C1=O. The van der Waals surface area contributed by atoms with Crippen LogP contribution in [0.3, 0.4) is 0 Å². The minimum atomic E-state index is -1.06. The van der Waals surface area contributed by atoms with Crippen LogP contribution >= 0.6 is 0 Å². The van der Waals surface area contributed by atoms with Gasteiger partial charge in [-0.3, -0.25) is 14.4 Å². The first kappa shape index (κ1) is 18.9. The molecule has 27 heavy (non-hydrogen) atoms. The fraction of sp³-hybridized carbons (Fsp3) is 0.381. The van der Waals surface area contributed by atoms with Gasteiger partial charge >= 0.3 is 5.97 Å². The molecule has 1 heterocycles. The molecule has 1 saturated heterocycles. The van der Waals surface area contributed by atoms with Gasteiger partial charge in [-0.25, -0.2) is 0 Å². The van der Waals surface area contributed by atoms with Crippen LogP contribution in [-0.4, -0.2) is 46.9 Å². The first-order chi connectivity index (χ1) is 13.0. The van der Waals surface area contributed by atoms with Crippen molar-refractivity contribution >= 4 is 28.6 Å². The van der Waals surface area contributed by atoms with Gasteiger partial charge in [0.1, 0.15) is 12.0 Å². The predicted octanol–water partition coefficient (Wildman–Crippen LogP) is 2.67. The highest BCUT2D eigenvalue weighted by Crippen LogP contribution is 2.21. The summed E-state index contributed by atoms with van der Waals surface area (Å²) in [5, 5.41) is 14.1. The summed E-state index contributed by atoms with van der Waals surface area (Å²) in [6.07, 6.45) is 2.84. The fourth-order valence-electron chi connectivity index (χ4n) is 3.49. The Balaban J connectivity index is 1.75. The number of aliphatic carboxylic acids is 1. The number of hydrogen-bond donors (Lipinski definition) is 2. The Bertz CT molecular complexity index is 864. The largest absolute Gasteiger partial charge is 0.481 e. The molecule has 0 unspecified atom stereocenters. The molecule has 3 rings (SSSR count). The molecule has 2 atom stereocenters. The zero-order valence-electron chi connectivity index (χ0n) is 15.4. The highest BCUT2D eigenvalue weighted by atomic mass is 16.4. The summed E-state index contributed by atoms with van der Waals surface area (Å²) in [6.45, 7) is 2.73. The number of fused-ring (bicyclic) bond motifs is 1. The van der Waals surface area contributed by atoms with Gasteiger partial charge in [-0.05, 0) is 29.3 Å². The molecule has 1 fully saturated rings. The topological polar surface area (TPSA) is 86.7 Å². The minimum absolute atomic E-state index is 0.139. The maximum atomic E-state index is 12.7. The Morgan fingerprint density at radius 1 is 1.15 bits per heavy atom. The molecule has 1 aliphatic heterocycles. The van der Waals surface area contributed by atoms with Gasteiger partial charge in [-0.15, -0.1) is 0 Å². The van der Waals surface area contributed by atoms with Crippen molar-refractivity contribution < 1.29 is 19.5 Å². The standard InChI is InChI=1S/C21H24N2O4/c1-2-3-6-11-23-13-17(21(26)27)18(20(23)25)22-19(24)16-10-9-14-7-4-5-8-15(14)12-16/h4-5,7-10,12,17-18H,2-3,6,11,13H2,1H3,(H,22,24)(H,26,27)/t17-,18+/m1/s1. The molecule has 0 radical (unpaired) electrons. The Morgan fingerprint density at radius 2 is 1.89 bits per heavy atom. The van der Waals surface area contributed by atoms with Crippen LogP contribution in [0, 0.1) is 5.92 Å². The lowest BCUT2D eigenvalue weighted by atomic mass is 10.0. The Hall–Kier alpha value is -2.89. The van der Waals surface area contributed by atoms with Crippen LogP contribution in [0.15, 0.2) is 42.5 Å². The molecule has 0 saturated carbocycles. The van der Waals surface area contributed by atoms with Crippen LogP contribution in [0.4, 0.5) is 0 Å². The number of carbonyl (C=O) groups excluding carboxylic acids is 2. The van der Waals surface area contributed by atoms with Crippen LogP contribution in [0.1, 0.15) is 36.5 Å². The summed E-state index contributed by atoms with van der Waals surface area (Å²) in [6, 6.07) is 11.9. The molecule has 0 aliphatic carbocycles. The van der Waals surface area contributed by atoms with E-state index in [1.807, 2.05) is 30.3 Å². The molecule has 0 spiro atoms. The molecule has 0 bridgehead atoms. The maximum absolute atomic E-state index is 12.7. The summed E-state index contributed by atoms with van der Waals surface area (Å²) in [7, 11) is 0. The summed E-state index contributed by atoms with van der Waals surface area (Å²) in [5.74, 6) is -2.73. The minimum Gasteiger partial charge on any atom is -0.481 e. The molecule has 6 heteroatoms. The van der Waals surface area contributed by atoms with E-state index in [2.05, 4.69) is 12.2 Å². The monoisotopic (exact) mass is 368 g/mol. The maximum Gasteiger partial charge on any atom is 0.310 e. The van der Waals surface area contributed by atoms with E-state index < -0.39 is 23.8 Å². The molecule has 142 valence electrons. The number of hydrogen-bond acceptors (Lipinski definition) is 3. The molecule has 2 N–H and O–H groups in total. The number of benzene rings is 2. The Kier molecular flexibility index (Phi) is 5.74. The van der Waals surface area contributed by atoms with E-state index in [9.17, 15) is 19.5 Å². The van der Waals surface area contributed by atoms with Crippen molar-refractivity contribution in [3.05, 3.63) is 48.0 Å². The zero-order valence-corrected chi connectivity index (χ0v) is 15.4. The smallest absolute Gasteiger partial charge is 0.310 e. The van der Waals surface area contributed by atoms with Crippen LogP contribution in [0.25, 0.3) is 10.8 Å². The van der Waals surface area contributed by atoms with Gasteiger partial charge in [0.25, 0.3) is 5.91 Å². The van der Waals surface area contributed by atoms with E-state index in [0.717, 1.165) is 30.0 Å². The number of unbranched alkanes of at least 4 members (excludes halogenated alkanes) is 2. The van der Waals surface area contributed by atoms with E-state index in [0.29, 0.717) is 12.1 Å². The second kappa shape index (κ2) is 8.20. The molecule has 2 aromatic rings. The van der Waals surface area contributed by atoms with Gasteiger partial charge in [0.05, 0.1) is 0 Å². The van der Waals surface area contributed by atoms with Crippen molar-refractivity contribution in [3.63, 3.8) is 0 Å². The summed E-state index contributed by atoms with van der Waals surface area (Å²) < 4.78 is 0. The van der Waals surface area contributed by atoms with Crippen molar-refractivity contribution in [2.75, 3.05) is 13.1 Å². The van der Waals surface area contributed by atoms with E-state index in [1.54, 1.807) is 17.0 Å². The summed E-state index contributed by atoms with van der Waals surface area (Å²) in [4.78, 5) is 38.4. The van der Waals surface area contributed by atoms with Gasteiger partial charge in [0, 0.05) is 18.7 Å². The number of carboxylic acids is 1. The van der Waals surface area contributed by atoms with Crippen molar-refractivity contribution in [2.24, 2.45) is 5.92 Å².